The summed E-state index contributed by atoms with van der Waals surface area (Å²) in [6.07, 6.45) is 3.20. The molecule has 0 saturated heterocycles. The van der Waals surface area contributed by atoms with Crippen LogP contribution in [0, 0.1) is 5.82 Å². The van der Waals surface area contributed by atoms with Gasteiger partial charge in [-0.25, -0.2) is 12.8 Å². The highest BCUT2D eigenvalue weighted by atomic mass is 35.5. The van der Waals surface area contributed by atoms with Crippen molar-refractivity contribution in [3.8, 4) is 0 Å². The normalized spacial score (nSPS) is 11.8. The van der Waals surface area contributed by atoms with Gasteiger partial charge in [-0.2, -0.15) is 4.31 Å². The van der Waals surface area contributed by atoms with Crippen LogP contribution in [0.4, 0.5) is 4.39 Å². The number of hydrogen-bond donors (Lipinski definition) is 0. The lowest BCUT2D eigenvalue weighted by Gasteiger charge is -2.20. The average molecular weight is 329 g/mol. The Kier molecular flexibility index (Phi) is 4.92. The summed E-state index contributed by atoms with van der Waals surface area (Å²) in [4.78, 5) is 3.87. The molecule has 0 radical (unpaired) electrons. The number of rotatable bonds is 5. The van der Waals surface area contributed by atoms with E-state index in [0.29, 0.717) is 6.54 Å². The van der Waals surface area contributed by atoms with Gasteiger partial charge < -0.3 is 0 Å². The lowest BCUT2D eigenvalue weighted by atomic mass is 10.3. The van der Waals surface area contributed by atoms with Crippen molar-refractivity contribution in [2.24, 2.45) is 0 Å². The monoisotopic (exact) mass is 328 g/mol. The maximum atomic E-state index is 13.2. The van der Waals surface area contributed by atoms with Crippen LogP contribution in [0.25, 0.3) is 0 Å². The topological polar surface area (TPSA) is 50.3 Å². The molecule has 4 nitrogen and oxygen atoms in total. The van der Waals surface area contributed by atoms with Crippen molar-refractivity contribution in [1.29, 1.82) is 0 Å². The number of pyridine rings is 1. The molecule has 0 atom stereocenters. The molecule has 0 bridgehead atoms. The summed E-state index contributed by atoms with van der Waals surface area (Å²) < 4.78 is 39.6. The molecular weight excluding hydrogens is 315 g/mol. The van der Waals surface area contributed by atoms with E-state index in [2.05, 4.69) is 4.98 Å². The first-order chi connectivity index (χ1) is 9.95. The molecule has 0 fully saturated rings. The first-order valence-electron chi connectivity index (χ1n) is 6.29. The molecule has 7 heteroatoms. The van der Waals surface area contributed by atoms with E-state index in [1.165, 1.54) is 10.4 Å². The van der Waals surface area contributed by atoms with Crippen molar-refractivity contribution in [3.05, 3.63) is 59.1 Å². The minimum absolute atomic E-state index is 0.0233. The minimum Gasteiger partial charge on any atom is -0.265 e. The second kappa shape index (κ2) is 6.51. The van der Waals surface area contributed by atoms with Crippen molar-refractivity contribution in [2.75, 3.05) is 6.54 Å². The molecule has 0 amide bonds. The zero-order valence-corrected chi connectivity index (χ0v) is 12.9. The molecule has 2 aromatic rings. The van der Waals surface area contributed by atoms with E-state index in [4.69, 9.17) is 11.6 Å². The fourth-order valence-corrected chi connectivity index (χ4v) is 3.55. The Morgan fingerprint density at radius 2 is 1.90 bits per heavy atom. The molecule has 0 spiro atoms. The number of hydrogen-bond acceptors (Lipinski definition) is 3. The third kappa shape index (κ3) is 3.58. The van der Waals surface area contributed by atoms with Crippen molar-refractivity contribution in [1.82, 2.24) is 9.29 Å². The maximum absolute atomic E-state index is 13.2. The molecule has 1 aromatic carbocycles. The molecule has 0 unspecified atom stereocenters. The summed E-state index contributed by atoms with van der Waals surface area (Å²) in [5.41, 5.74) is 0.823. The molecule has 0 N–H and O–H groups in total. The Morgan fingerprint density at radius 3 is 2.48 bits per heavy atom. The van der Waals surface area contributed by atoms with Crippen LogP contribution >= 0.6 is 11.6 Å². The molecule has 0 aliphatic heterocycles. The smallest absolute Gasteiger partial charge is 0.243 e. The van der Waals surface area contributed by atoms with Crippen molar-refractivity contribution in [2.45, 2.75) is 18.4 Å². The Balaban J connectivity index is 2.33. The third-order valence-electron chi connectivity index (χ3n) is 2.99. The quantitative estimate of drug-likeness (QED) is 0.847. The molecule has 2 rings (SSSR count). The van der Waals surface area contributed by atoms with E-state index in [9.17, 15) is 12.8 Å². The van der Waals surface area contributed by atoms with Crippen LogP contribution in [0.2, 0.25) is 5.02 Å². The summed E-state index contributed by atoms with van der Waals surface area (Å²) in [6, 6.07) is 6.88. The van der Waals surface area contributed by atoms with E-state index in [-0.39, 0.29) is 16.5 Å². The fraction of sp³-hybridized carbons (Fsp3) is 0.214. The fourth-order valence-electron chi connectivity index (χ4n) is 1.84. The van der Waals surface area contributed by atoms with Crippen molar-refractivity contribution in [3.63, 3.8) is 0 Å². The van der Waals surface area contributed by atoms with Crippen molar-refractivity contribution >= 4 is 21.6 Å². The van der Waals surface area contributed by atoms with Crippen LogP contribution < -0.4 is 0 Å². The van der Waals surface area contributed by atoms with Crippen LogP contribution in [0.3, 0.4) is 0 Å². The van der Waals surface area contributed by atoms with Gasteiger partial charge in [-0.15, -0.1) is 0 Å². The van der Waals surface area contributed by atoms with Crippen molar-refractivity contribution < 1.29 is 12.8 Å². The summed E-state index contributed by atoms with van der Waals surface area (Å²) >= 11 is 5.66. The molecular formula is C14H14ClFN2O2S. The van der Waals surface area contributed by atoms with Gasteiger partial charge >= 0.3 is 0 Å². The molecule has 1 aromatic heterocycles. The first-order valence-corrected chi connectivity index (χ1v) is 8.11. The highest BCUT2D eigenvalue weighted by molar-refractivity contribution is 7.89. The van der Waals surface area contributed by atoms with Crippen LogP contribution in [-0.2, 0) is 16.6 Å². The van der Waals surface area contributed by atoms with Gasteiger partial charge in [-0.1, -0.05) is 18.5 Å². The predicted molar refractivity (Wildman–Crippen MR) is 78.9 cm³/mol. The highest BCUT2D eigenvalue weighted by Crippen LogP contribution is 2.23. The zero-order valence-electron chi connectivity index (χ0n) is 11.3. The number of benzene rings is 1. The van der Waals surface area contributed by atoms with Crippen LogP contribution in [0.1, 0.15) is 12.5 Å². The van der Waals surface area contributed by atoms with Crippen LogP contribution in [0.5, 0.6) is 0 Å². The van der Waals surface area contributed by atoms with Gasteiger partial charge in [-0.05, 0) is 35.9 Å². The lowest BCUT2D eigenvalue weighted by Crippen LogP contribution is -2.30. The van der Waals surface area contributed by atoms with Gasteiger partial charge in [0.1, 0.15) is 5.82 Å². The van der Waals surface area contributed by atoms with E-state index in [1.807, 2.05) is 0 Å². The predicted octanol–water partition coefficient (Wildman–Crippen LogP) is 3.08. The van der Waals surface area contributed by atoms with Gasteiger partial charge in [0.2, 0.25) is 10.0 Å². The molecule has 112 valence electrons. The molecule has 0 saturated carbocycles. The Bertz CT molecular complexity index is 723. The van der Waals surface area contributed by atoms with Crippen LogP contribution in [-0.4, -0.2) is 24.3 Å². The number of aromatic nitrogens is 1. The standard InChI is InChI=1S/C14H14ClFN2O2S/c1-2-18(10-11-5-7-17-8-6-11)21(19,20)12-3-4-14(16)13(15)9-12/h3-9H,2,10H2,1H3. The van der Waals surface area contributed by atoms with Gasteiger partial charge in [0, 0.05) is 25.5 Å². The summed E-state index contributed by atoms with van der Waals surface area (Å²) in [7, 11) is -3.73. The lowest BCUT2D eigenvalue weighted by molar-refractivity contribution is 0.423. The van der Waals surface area contributed by atoms with Gasteiger partial charge in [-0.3, -0.25) is 4.98 Å². The Morgan fingerprint density at radius 1 is 1.24 bits per heavy atom. The van der Waals surface area contributed by atoms with Crippen LogP contribution in [0.15, 0.2) is 47.6 Å². The Hall–Kier alpha value is -1.50. The zero-order chi connectivity index (χ0) is 15.5. The molecule has 0 aliphatic carbocycles. The SMILES string of the molecule is CCN(Cc1ccncc1)S(=O)(=O)c1ccc(F)c(Cl)c1. The molecule has 21 heavy (non-hydrogen) atoms. The third-order valence-corrected chi connectivity index (χ3v) is 5.20. The van der Waals surface area contributed by atoms with Gasteiger partial charge in [0.15, 0.2) is 0 Å². The number of halogens is 2. The Labute approximate surface area is 128 Å². The minimum atomic E-state index is -3.73. The summed E-state index contributed by atoms with van der Waals surface area (Å²) in [5.74, 6) is -0.646. The second-order valence-corrected chi connectivity index (χ2v) is 6.71. The largest absolute Gasteiger partial charge is 0.265 e. The maximum Gasteiger partial charge on any atom is 0.243 e. The summed E-state index contributed by atoms with van der Waals surface area (Å²) in [5, 5.41) is -0.212. The van der Waals surface area contributed by atoms with E-state index in [1.54, 1.807) is 31.5 Å². The van der Waals surface area contributed by atoms with Gasteiger partial charge in [0.25, 0.3) is 0 Å². The molecule has 1 heterocycles. The first kappa shape index (κ1) is 15.9. The molecule has 0 aliphatic rings. The summed E-state index contributed by atoms with van der Waals surface area (Å²) in [6.45, 7) is 2.25. The van der Waals surface area contributed by atoms with E-state index in [0.717, 1.165) is 17.7 Å². The van der Waals surface area contributed by atoms with Gasteiger partial charge in [0.05, 0.1) is 9.92 Å². The number of sulfonamides is 1. The second-order valence-electron chi connectivity index (χ2n) is 4.36. The van der Waals surface area contributed by atoms with E-state index >= 15 is 0 Å². The number of nitrogens with zero attached hydrogens (tertiary/aromatic N) is 2. The van der Waals surface area contributed by atoms with E-state index < -0.39 is 15.8 Å². The highest BCUT2D eigenvalue weighted by Gasteiger charge is 2.24. The average Bonchev–Trinajstić information content (AvgIpc) is 2.48.